The smallest absolute Gasteiger partial charge is 0.00936 e. The lowest BCUT2D eigenvalue weighted by atomic mass is 10.00. The fraction of sp³-hybridized carbons (Fsp3) is 0.278. The molecule has 0 heterocycles. The second-order valence-electron chi connectivity index (χ2n) is 4.95. The summed E-state index contributed by atoms with van der Waals surface area (Å²) in [6, 6.07) is 13.2. The van der Waals surface area contributed by atoms with Crippen LogP contribution in [-0.4, -0.2) is 5.37 Å². The monoisotopic (exact) mass is 270 g/mol. The molecule has 0 aliphatic heterocycles. The van der Waals surface area contributed by atoms with E-state index in [1.165, 1.54) is 32.0 Å². The first kappa shape index (κ1) is 14.1. The van der Waals surface area contributed by atoms with E-state index >= 15 is 0 Å². The second-order valence-corrected chi connectivity index (χ2v) is 7.01. The van der Waals surface area contributed by atoms with Crippen LogP contribution in [0.25, 0.3) is 0 Å². The molecule has 0 saturated heterocycles. The van der Waals surface area contributed by atoms with E-state index in [0.29, 0.717) is 0 Å². The van der Waals surface area contributed by atoms with Crippen LogP contribution in [0.5, 0.6) is 0 Å². The molecular weight excluding hydrogens is 248 g/mol. The van der Waals surface area contributed by atoms with Gasteiger partial charge in [-0.15, -0.1) is 10.5 Å². The molecule has 0 radical (unpaired) electrons. The summed E-state index contributed by atoms with van der Waals surface area (Å²) in [6.07, 6.45) is 0. The van der Waals surface area contributed by atoms with Gasteiger partial charge < -0.3 is 0 Å². The summed E-state index contributed by atoms with van der Waals surface area (Å²) in [7, 11) is 0.0764. The molecule has 2 aromatic rings. The molecule has 1 atom stereocenters. The molecule has 100 valence electrons. The number of rotatable bonds is 2. The molecule has 0 saturated carbocycles. The van der Waals surface area contributed by atoms with Gasteiger partial charge in [0.15, 0.2) is 0 Å². The first-order chi connectivity index (χ1) is 9.06. The minimum atomic E-state index is 0.0764. The van der Waals surface area contributed by atoms with Gasteiger partial charge in [-0.2, -0.15) is 0 Å². The van der Waals surface area contributed by atoms with Gasteiger partial charge in [0, 0.05) is 9.79 Å². The van der Waals surface area contributed by atoms with Gasteiger partial charge >= 0.3 is 0 Å². The van der Waals surface area contributed by atoms with Crippen LogP contribution in [0.3, 0.4) is 0 Å². The maximum atomic E-state index is 2.37. The molecule has 0 bridgehead atoms. The molecule has 0 N–H and O–H groups in total. The van der Waals surface area contributed by atoms with Crippen LogP contribution in [0, 0.1) is 27.7 Å². The van der Waals surface area contributed by atoms with Gasteiger partial charge in [-0.1, -0.05) is 23.6 Å². The largest absolute Gasteiger partial charge is 0.127 e. The molecule has 0 aliphatic carbocycles. The minimum absolute atomic E-state index is 0.0764. The van der Waals surface area contributed by atoms with Crippen LogP contribution in [-0.2, 0) is 0 Å². The summed E-state index contributed by atoms with van der Waals surface area (Å²) in [6.45, 7) is 11.1. The van der Waals surface area contributed by atoms with E-state index in [1.807, 2.05) is 0 Å². The van der Waals surface area contributed by atoms with Crippen LogP contribution in [0.4, 0.5) is 0 Å². The van der Waals surface area contributed by atoms with Crippen LogP contribution >= 0.6 is 10.5 Å². The molecule has 1 unspecified atom stereocenters. The Morgan fingerprint density at radius 3 is 2.05 bits per heavy atom. The van der Waals surface area contributed by atoms with Crippen molar-refractivity contribution in [1.82, 2.24) is 0 Å². The van der Waals surface area contributed by atoms with Crippen LogP contribution in [0.15, 0.2) is 46.2 Å². The maximum absolute atomic E-state index is 2.37. The Morgan fingerprint density at radius 1 is 0.842 bits per heavy atom. The molecule has 2 rings (SSSR count). The molecule has 0 aliphatic rings. The topological polar surface area (TPSA) is 0 Å². The third-order valence-electron chi connectivity index (χ3n) is 3.90. The third kappa shape index (κ3) is 2.66. The lowest BCUT2D eigenvalue weighted by Gasteiger charge is -2.18. The van der Waals surface area contributed by atoms with Gasteiger partial charge in [0.1, 0.15) is 0 Å². The van der Waals surface area contributed by atoms with Gasteiger partial charge in [-0.25, -0.2) is 0 Å². The summed E-state index contributed by atoms with van der Waals surface area (Å²) in [5.41, 5.74) is 5.70. The predicted molar refractivity (Wildman–Crippen MR) is 87.7 cm³/mol. The highest BCUT2D eigenvalue weighted by molar-refractivity contribution is 8.15. The van der Waals surface area contributed by atoms with Crippen molar-refractivity contribution in [3.05, 3.63) is 58.7 Å². The van der Waals surface area contributed by atoms with E-state index in [0.717, 1.165) is 0 Å². The van der Waals surface area contributed by atoms with Gasteiger partial charge in [-0.3, -0.25) is 0 Å². The van der Waals surface area contributed by atoms with Crippen molar-refractivity contribution >= 4 is 15.9 Å². The lowest BCUT2D eigenvalue weighted by molar-refractivity contribution is 1.14. The highest BCUT2D eigenvalue weighted by Gasteiger charge is 2.10. The highest BCUT2D eigenvalue weighted by atomic mass is 32.2. The lowest BCUT2D eigenvalue weighted by Crippen LogP contribution is -1.95. The van der Waals surface area contributed by atoms with E-state index in [9.17, 15) is 0 Å². The van der Waals surface area contributed by atoms with E-state index in [4.69, 9.17) is 0 Å². The average Bonchev–Trinajstić information content (AvgIpc) is 2.44. The Kier molecular flexibility index (Phi) is 4.26. The van der Waals surface area contributed by atoms with Crippen molar-refractivity contribution < 1.29 is 0 Å². The zero-order valence-corrected chi connectivity index (χ0v) is 13.3. The van der Waals surface area contributed by atoms with E-state index in [2.05, 4.69) is 76.4 Å². The number of hydrogen-bond donors (Lipinski definition) is 0. The van der Waals surface area contributed by atoms with Crippen molar-refractivity contribution in [1.29, 1.82) is 0 Å². The quantitative estimate of drug-likeness (QED) is 0.638. The Bertz CT molecular complexity index is 622. The average molecular weight is 270 g/mol. The molecule has 19 heavy (non-hydrogen) atoms. The summed E-state index contributed by atoms with van der Waals surface area (Å²) in [5, 5.41) is 2.33. The molecule has 0 spiro atoms. The third-order valence-corrected chi connectivity index (χ3v) is 6.05. The van der Waals surface area contributed by atoms with Crippen molar-refractivity contribution in [3.8, 4) is 0 Å². The minimum Gasteiger partial charge on any atom is -0.127 e. The summed E-state index contributed by atoms with van der Waals surface area (Å²) in [4.78, 5) is 2.87. The van der Waals surface area contributed by atoms with E-state index in [1.54, 1.807) is 0 Å². The molecule has 2 aromatic carbocycles. The normalized spacial score (nSPS) is 12.7. The standard InChI is InChI=1S/C18H22S/c1-6-19(17-10-8-7-9-11-17)18-12-13(2)14(3)15(4)16(18)5/h6-12H,1-5H3. The Morgan fingerprint density at radius 2 is 1.47 bits per heavy atom. The summed E-state index contributed by atoms with van der Waals surface area (Å²) < 4.78 is 0. The fourth-order valence-electron chi connectivity index (χ4n) is 2.36. The highest BCUT2D eigenvalue weighted by Crippen LogP contribution is 2.39. The van der Waals surface area contributed by atoms with Crippen molar-refractivity contribution in [2.45, 2.75) is 44.4 Å². The molecule has 0 nitrogen and oxygen atoms in total. The zero-order valence-electron chi connectivity index (χ0n) is 12.4. The van der Waals surface area contributed by atoms with Gasteiger partial charge in [0.25, 0.3) is 0 Å². The fourth-order valence-corrected chi connectivity index (χ4v) is 4.38. The van der Waals surface area contributed by atoms with Crippen LogP contribution in [0.2, 0.25) is 0 Å². The van der Waals surface area contributed by atoms with Crippen molar-refractivity contribution in [2.24, 2.45) is 0 Å². The van der Waals surface area contributed by atoms with Crippen molar-refractivity contribution in [2.75, 3.05) is 0 Å². The first-order valence-electron chi connectivity index (χ1n) is 6.71. The maximum Gasteiger partial charge on any atom is 0.00936 e. The SMILES string of the molecule is C/C=S(\c1ccccc1)c1cc(C)c(C)c(C)c1C. The summed E-state index contributed by atoms with van der Waals surface area (Å²) in [5.74, 6) is 0. The Balaban J connectivity index is 2.65. The Hall–Kier alpha value is -1.34. The summed E-state index contributed by atoms with van der Waals surface area (Å²) >= 11 is 0. The van der Waals surface area contributed by atoms with E-state index < -0.39 is 0 Å². The molecule has 1 heteroatoms. The van der Waals surface area contributed by atoms with Crippen molar-refractivity contribution in [3.63, 3.8) is 0 Å². The molecule has 0 fully saturated rings. The van der Waals surface area contributed by atoms with Gasteiger partial charge in [0.05, 0.1) is 0 Å². The Labute approximate surface area is 119 Å². The number of aryl methyl sites for hydroxylation is 1. The van der Waals surface area contributed by atoms with Crippen LogP contribution in [0.1, 0.15) is 29.2 Å². The molecule has 0 amide bonds. The van der Waals surface area contributed by atoms with Gasteiger partial charge in [-0.05, 0) is 75.1 Å². The predicted octanol–water partition coefficient (Wildman–Crippen LogP) is 5.43. The first-order valence-corrected chi connectivity index (χ1v) is 8.00. The zero-order chi connectivity index (χ0) is 14.0. The number of hydrogen-bond acceptors (Lipinski definition) is 0. The number of benzene rings is 2. The van der Waals surface area contributed by atoms with Gasteiger partial charge in [0.2, 0.25) is 0 Å². The molecule has 0 aromatic heterocycles. The van der Waals surface area contributed by atoms with E-state index in [-0.39, 0.29) is 10.5 Å². The molecular formula is C18H22S. The second kappa shape index (κ2) is 5.75. The van der Waals surface area contributed by atoms with Crippen LogP contribution < -0.4 is 0 Å².